The maximum Gasteiger partial charge on any atom is 0.0656 e. The van der Waals surface area contributed by atoms with Crippen molar-refractivity contribution in [3.63, 3.8) is 0 Å². The molecule has 1 nitrogen and oxygen atoms in total. The van der Waals surface area contributed by atoms with Crippen LogP contribution in [0.5, 0.6) is 0 Å². The highest BCUT2D eigenvalue weighted by Crippen LogP contribution is 2.55. The van der Waals surface area contributed by atoms with Crippen molar-refractivity contribution in [1.29, 1.82) is 0 Å². The lowest BCUT2D eigenvalue weighted by Crippen LogP contribution is -2.29. The molecule has 0 saturated heterocycles. The molecule has 2 aliphatic rings. The summed E-state index contributed by atoms with van der Waals surface area (Å²) in [6.07, 6.45) is 5.39. The summed E-state index contributed by atoms with van der Waals surface area (Å²) >= 11 is 25.3. The highest BCUT2D eigenvalue weighted by Gasteiger charge is 2.40. The molecule has 2 aromatic carbocycles. The molecule has 1 aliphatic heterocycles. The summed E-state index contributed by atoms with van der Waals surface area (Å²) in [4.78, 5) is 0. The van der Waals surface area contributed by atoms with E-state index in [2.05, 4.69) is 23.5 Å². The van der Waals surface area contributed by atoms with Crippen LogP contribution in [-0.2, 0) is 0 Å². The van der Waals surface area contributed by atoms with E-state index in [1.807, 2.05) is 18.2 Å². The van der Waals surface area contributed by atoms with Gasteiger partial charge in [0.15, 0.2) is 0 Å². The van der Waals surface area contributed by atoms with E-state index in [0.29, 0.717) is 21.0 Å². The monoisotopic (exact) mass is 383 g/mol. The van der Waals surface area contributed by atoms with Crippen LogP contribution in [0.15, 0.2) is 42.5 Å². The molecule has 4 rings (SSSR count). The Labute approximate surface area is 155 Å². The molecule has 0 fully saturated rings. The van der Waals surface area contributed by atoms with Gasteiger partial charge in [-0.15, -0.1) is 0 Å². The van der Waals surface area contributed by atoms with Gasteiger partial charge in [0.2, 0.25) is 0 Å². The molecule has 0 aromatic heterocycles. The van der Waals surface area contributed by atoms with Crippen LogP contribution in [0.25, 0.3) is 0 Å². The van der Waals surface area contributed by atoms with Crippen LogP contribution < -0.4 is 5.32 Å². The summed E-state index contributed by atoms with van der Waals surface area (Å²) in [7, 11) is 0. The maximum atomic E-state index is 6.48. The number of benzene rings is 2. The van der Waals surface area contributed by atoms with Gasteiger partial charge in [0.25, 0.3) is 0 Å². The molecule has 0 saturated carbocycles. The third-order valence-corrected chi connectivity index (χ3v) is 6.03. The van der Waals surface area contributed by atoms with Crippen LogP contribution >= 0.6 is 46.4 Å². The summed E-state index contributed by atoms with van der Waals surface area (Å²) in [5, 5.41) is 5.99. The first-order valence-corrected chi connectivity index (χ1v) is 8.93. The van der Waals surface area contributed by atoms with Crippen molar-refractivity contribution in [2.24, 2.45) is 5.92 Å². The summed E-state index contributed by atoms with van der Waals surface area (Å²) in [6, 6.07) is 9.79. The molecule has 5 heteroatoms. The molecule has 0 amide bonds. The molecule has 1 N–H and O–H groups in total. The molecule has 0 spiro atoms. The Morgan fingerprint density at radius 2 is 1.83 bits per heavy atom. The normalized spacial score (nSPS) is 25.0. The zero-order chi connectivity index (χ0) is 16.1. The number of nitrogens with one attached hydrogen (secondary N) is 1. The second kappa shape index (κ2) is 5.89. The second-order valence-electron chi connectivity index (χ2n) is 5.97. The number of allylic oxidation sites excluding steroid dienone is 2. The Balaban J connectivity index is 1.88. The van der Waals surface area contributed by atoms with Gasteiger partial charge in [0.05, 0.1) is 26.8 Å². The molecule has 0 radical (unpaired) electrons. The second-order valence-corrected chi connectivity index (χ2v) is 7.60. The highest BCUT2D eigenvalue weighted by atomic mass is 35.5. The van der Waals surface area contributed by atoms with Crippen molar-refractivity contribution >= 4 is 52.1 Å². The van der Waals surface area contributed by atoms with E-state index in [1.165, 1.54) is 0 Å². The topological polar surface area (TPSA) is 12.0 Å². The Kier molecular flexibility index (Phi) is 4.01. The van der Waals surface area contributed by atoms with Crippen LogP contribution in [-0.4, -0.2) is 0 Å². The van der Waals surface area contributed by atoms with Gasteiger partial charge in [-0.1, -0.05) is 70.7 Å². The van der Waals surface area contributed by atoms with Crippen LogP contribution in [0.1, 0.15) is 29.5 Å². The molecule has 1 aliphatic carbocycles. The van der Waals surface area contributed by atoms with Gasteiger partial charge in [0.1, 0.15) is 0 Å². The number of rotatable bonds is 1. The lowest BCUT2D eigenvalue weighted by Gasteiger charge is -2.38. The minimum Gasteiger partial charge on any atom is -0.376 e. The maximum absolute atomic E-state index is 6.48. The lowest BCUT2D eigenvalue weighted by atomic mass is 9.77. The molecule has 3 atom stereocenters. The van der Waals surface area contributed by atoms with Gasteiger partial charge < -0.3 is 5.32 Å². The highest BCUT2D eigenvalue weighted by molar-refractivity contribution is 6.44. The Morgan fingerprint density at radius 1 is 1.00 bits per heavy atom. The molecule has 3 unspecified atom stereocenters. The van der Waals surface area contributed by atoms with Crippen molar-refractivity contribution in [3.8, 4) is 0 Å². The Morgan fingerprint density at radius 3 is 2.61 bits per heavy atom. The molecular weight excluding hydrogens is 372 g/mol. The summed E-state index contributed by atoms with van der Waals surface area (Å²) in [6.45, 7) is 0. The first kappa shape index (κ1) is 15.7. The zero-order valence-electron chi connectivity index (χ0n) is 12.0. The molecule has 2 aromatic rings. The Bertz CT molecular complexity index is 815. The van der Waals surface area contributed by atoms with Crippen molar-refractivity contribution in [3.05, 3.63) is 73.7 Å². The van der Waals surface area contributed by atoms with Crippen LogP contribution in [0.4, 0.5) is 5.69 Å². The first-order chi connectivity index (χ1) is 11.1. The number of halogens is 4. The van der Waals surface area contributed by atoms with Crippen LogP contribution in [0.3, 0.4) is 0 Å². The third kappa shape index (κ3) is 2.55. The van der Waals surface area contributed by atoms with E-state index >= 15 is 0 Å². The van der Waals surface area contributed by atoms with E-state index in [9.17, 15) is 0 Å². The minimum absolute atomic E-state index is 0.135. The smallest absolute Gasteiger partial charge is 0.0656 e. The fourth-order valence-corrected chi connectivity index (χ4v) is 4.70. The zero-order valence-corrected chi connectivity index (χ0v) is 15.0. The van der Waals surface area contributed by atoms with Crippen molar-refractivity contribution in [2.75, 3.05) is 5.32 Å². The Hall–Kier alpha value is -0.860. The standard InChI is InChI=1S/C18H13Cl4N/c19-10-4-1-3-9(7-10)17-12-6-2-5-11(12)15-16(22)13(20)8-14(21)18(15)23-17/h1-5,7-8,11-12,17,23H,6H2. The largest absolute Gasteiger partial charge is 0.376 e. The third-order valence-electron chi connectivity index (χ3n) is 4.69. The molecular formula is C18H13Cl4N. The van der Waals surface area contributed by atoms with Gasteiger partial charge in [-0.2, -0.15) is 0 Å². The van der Waals surface area contributed by atoms with E-state index < -0.39 is 0 Å². The first-order valence-electron chi connectivity index (χ1n) is 7.42. The van der Waals surface area contributed by atoms with Crippen molar-refractivity contribution in [2.45, 2.75) is 18.4 Å². The van der Waals surface area contributed by atoms with Crippen LogP contribution in [0, 0.1) is 5.92 Å². The predicted octanol–water partition coefficient (Wildman–Crippen LogP) is 7.13. The molecule has 0 bridgehead atoms. The summed E-state index contributed by atoms with van der Waals surface area (Å²) in [5.74, 6) is 0.576. The van der Waals surface area contributed by atoms with Crippen LogP contribution in [0.2, 0.25) is 20.1 Å². The van der Waals surface area contributed by atoms with Gasteiger partial charge in [-0.25, -0.2) is 0 Å². The van der Waals surface area contributed by atoms with Gasteiger partial charge in [-0.3, -0.25) is 0 Å². The van der Waals surface area contributed by atoms with Gasteiger partial charge in [-0.05, 0) is 36.1 Å². The summed E-state index contributed by atoms with van der Waals surface area (Å²) < 4.78 is 0. The van der Waals surface area contributed by atoms with Crippen molar-refractivity contribution in [1.82, 2.24) is 0 Å². The average molecular weight is 385 g/mol. The van der Waals surface area contributed by atoms with Gasteiger partial charge in [0, 0.05) is 16.5 Å². The van der Waals surface area contributed by atoms with E-state index in [0.717, 1.165) is 28.3 Å². The number of anilines is 1. The summed E-state index contributed by atoms with van der Waals surface area (Å²) in [5.41, 5.74) is 3.03. The lowest BCUT2D eigenvalue weighted by molar-refractivity contribution is 0.426. The predicted molar refractivity (Wildman–Crippen MR) is 99.3 cm³/mol. The van der Waals surface area contributed by atoms with Crippen molar-refractivity contribution < 1.29 is 0 Å². The fraction of sp³-hybridized carbons (Fsp3) is 0.222. The quantitative estimate of drug-likeness (QED) is 0.407. The average Bonchev–Trinajstić information content (AvgIpc) is 3.00. The van der Waals surface area contributed by atoms with E-state index in [4.69, 9.17) is 46.4 Å². The SMILES string of the molecule is Clc1cccc(C2Nc3c(Cl)cc(Cl)c(Cl)c3C3C=CCC32)c1. The number of fused-ring (bicyclic) bond motifs is 3. The number of hydrogen-bond acceptors (Lipinski definition) is 1. The molecule has 1 heterocycles. The van der Waals surface area contributed by atoms with Gasteiger partial charge >= 0.3 is 0 Å². The molecule has 118 valence electrons. The van der Waals surface area contributed by atoms with E-state index in [1.54, 1.807) is 6.07 Å². The number of hydrogen-bond donors (Lipinski definition) is 1. The van der Waals surface area contributed by atoms with E-state index in [-0.39, 0.29) is 12.0 Å². The molecule has 23 heavy (non-hydrogen) atoms. The minimum atomic E-state index is 0.135. The fourth-order valence-electron chi connectivity index (χ4n) is 3.69.